The summed E-state index contributed by atoms with van der Waals surface area (Å²) in [5.74, 6) is 1.04. The number of hydrogen-bond acceptors (Lipinski definition) is 5. The summed E-state index contributed by atoms with van der Waals surface area (Å²) >= 11 is 0. The number of aryl methyl sites for hydroxylation is 2. The Hall–Kier alpha value is -2.44. The molecule has 134 valence electrons. The molecule has 3 rings (SSSR count). The van der Waals surface area contributed by atoms with Crippen molar-refractivity contribution in [3.05, 3.63) is 30.5 Å². The molecule has 0 radical (unpaired) electrons. The highest BCUT2D eigenvalue weighted by atomic mass is 16.1. The highest BCUT2D eigenvalue weighted by Gasteiger charge is 2.21. The molecule has 0 aromatic carbocycles. The number of aromatic nitrogens is 4. The first-order valence-electron chi connectivity index (χ1n) is 8.99. The van der Waals surface area contributed by atoms with E-state index >= 15 is 0 Å². The number of carbonyl (C=O) groups is 1. The van der Waals surface area contributed by atoms with Gasteiger partial charge in [0.1, 0.15) is 18.5 Å². The Kier molecular flexibility index (Phi) is 5.63. The average Bonchev–Trinajstić information content (AvgIpc) is 3.09. The maximum atomic E-state index is 12.1. The Balaban J connectivity index is 1.54. The molecule has 0 bridgehead atoms. The van der Waals surface area contributed by atoms with Crippen LogP contribution in [0.3, 0.4) is 0 Å². The van der Waals surface area contributed by atoms with Gasteiger partial charge in [-0.15, -0.1) is 0 Å². The number of rotatable bonds is 6. The molecule has 1 N–H and O–H groups in total. The Labute approximate surface area is 148 Å². The molecule has 25 heavy (non-hydrogen) atoms. The van der Waals surface area contributed by atoms with Crippen LogP contribution in [0.1, 0.15) is 44.6 Å². The molecule has 0 saturated carbocycles. The molecule has 1 saturated heterocycles. The van der Waals surface area contributed by atoms with E-state index in [1.165, 1.54) is 25.6 Å². The van der Waals surface area contributed by atoms with E-state index in [-0.39, 0.29) is 5.91 Å². The summed E-state index contributed by atoms with van der Waals surface area (Å²) < 4.78 is 1.73. The van der Waals surface area contributed by atoms with Crippen molar-refractivity contribution in [3.8, 4) is 0 Å². The monoisotopic (exact) mass is 342 g/mol. The van der Waals surface area contributed by atoms with Gasteiger partial charge in [0.2, 0.25) is 5.91 Å². The van der Waals surface area contributed by atoms with Crippen molar-refractivity contribution in [1.82, 2.24) is 19.7 Å². The molecule has 2 aromatic rings. The van der Waals surface area contributed by atoms with E-state index in [2.05, 4.69) is 39.1 Å². The maximum Gasteiger partial charge on any atom is 0.224 e. The Morgan fingerprint density at radius 2 is 2.28 bits per heavy atom. The third kappa shape index (κ3) is 4.55. The highest BCUT2D eigenvalue weighted by molar-refractivity contribution is 5.90. The van der Waals surface area contributed by atoms with E-state index in [4.69, 9.17) is 0 Å². The lowest BCUT2D eigenvalue weighted by Gasteiger charge is -2.35. The minimum absolute atomic E-state index is 0.000376. The second-order valence-electron chi connectivity index (χ2n) is 6.71. The van der Waals surface area contributed by atoms with Crippen LogP contribution in [0.4, 0.5) is 11.5 Å². The SMILES string of the molecule is Cc1cc(NC(=O)CCCn2cncn2)cnc1N1CCCCC1C. The fourth-order valence-electron chi connectivity index (χ4n) is 3.32. The van der Waals surface area contributed by atoms with E-state index in [0.717, 1.165) is 30.0 Å². The van der Waals surface area contributed by atoms with Crippen molar-refractivity contribution < 1.29 is 4.79 Å². The summed E-state index contributed by atoms with van der Waals surface area (Å²) in [6, 6.07) is 2.54. The summed E-state index contributed by atoms with van der Waals surface area (Å²) in [5.41, 5.74) is 1.87. The van der Waals surface area contributed by atoms with Crippen LogP contribution in [0.25, 0.3) is 0 Å². The van der Waals surface area contributed by atoms with Gasteiger partial charge in [0.25, 0.3) is 0 Å². The second-order valence-corrected chi connectivity index (χ2v) is 6.71. The lowest BCUT2D eigenvalue weighted by molar-refractivity contribution is -0.116. The molecular weight excluding hydrogens is 316 g/mol. The van der Waals surface area contributed by atoms with Gasteiger partial charge in [-0.2, -0.15) is 5.10 Å². The summed E-state index contributed by atoms with van der Waals surface area (Å²) in [6.45, 7) is 6.06. The Bertz CT molecular complexity index is 700. The van der Waals surface area contributed by atoms with Crippen molar-refractivity contribution in [2.24, 2.45) is 0 Å². The molecule has 0 spiro atoms. The number of anilines is 2. The minimum Gasteiger partial charge on any atom is -0.354 e. The van der Waals surface area contributed by atoms with Crippen molar-refractivity contribution in [2.45, 2.75) is 58.5 Å². The number of carbonyl (C=O) groups excluding carboxylic acids is 1. The van der Waals surface area contributed by atoms with Gasteiger partial charge in [-0.05, 0) is 51.2 Å². The predicted octanol–water partition coefficient (Wildman–Crippen LogP) is 2.78. The largest absolute Gasteiger partial charge is 0.354 e. The summed E-state index contributed by atoms with van der Waals surface area (Å²) in [7, 11) is 0. The zero-order valence-corrected chi connectivity index (χ0v) is 15.0. The van der Waals surface area contributed by atoms with E-state index < -0.39 is 0 Å². The van der Waals surface area contributed by atoms with Gasteiger partial charge in [0.15, 0.2) is 0 Å². The van der Waals surface area contributed by atoms with Crippen LogP contribution in [-0.4, -0.2) is 38.2 Å². The normalized spacial score (nSPS) is 17.5. The van der Waals surface area contributed by atoms with Crippen LogP contribution >= 0.6 is 0 Å². The number of hydrogen-bond donors (Lipinski definition) is 1. The van der Waals surface area contributed by atoms with Crippen LogP contribution in [0, 0.1) is 6.92 Å². The lowest BCUT2D eigenvalue weighted by Crippen LogP contribution is -2.38. The van der Waals surface area contributed by atoms with Gasteiger partial charge in [-0.25, -0.2) is 9.97 Å². The highest BCUT2D eigenvalue weighted by Crippen LogP contribution is 2.27. The third-order valence-electron chi connectivity index (χ3n) is 4.67. The standard InChI is InChI=1S/C18H26N6O/c1-14-10-16(11-20-18(14)24-9-4-3-6-15(24)2)22-17(25)7-5-8-23-13-19-12-21-23/h10-13,15H,3-9H2,1-2H3,(H,22,25). The summed E-state index contributed by atoms with van der Waals surface area (Å²) in [5, 5.41) is 6.97. The molecule has 7 nitrogen and oxygen atoms in total. The molecule has 1 fully saturated rings. The number of pyridine rings is 1. The molecule has 2 aromatic heterocycles. The maximum absolute atomic E-state index is 12.1. The number of amides is 1. The fourth-order valence-corrected chi connectivity index (χ4v) is 3.32. The van der Waals surface area contributed by atoms with E-state index in [9.17, 15) is 4.79 Å². The molecular formula is C18H26N6O. The van der Waals surface area contributed by atoms with Gasteiger partial charge in [-0.1, -0.05) is 0 Å². The van der Waals surface area contributed by atoms with Crippen molar-refractivity contribution in [2.75, 3.05) is 16.8 Å². The Morgan fingerprint density at radius 1 is 1.40 bits per heavy atom. The number of nitrogens with one attached hydrogen (secondary N) is 1. The van der Waals surface area contributed by atoms with Gasteiger partial charge in [0, 0.05) is 25.6 Å². The van der Waals surface area contributed by atoms with Crippen LogP contribution < -0.4 is 10.2 Å². The number of nitrogens with zero attached hydrogens (tertiary/aromatic N) is 5. The third-order valence-corrected chi connectivity index (χ3v) is 4.67. The van der Waals surface area contributed by atoms with Crippen molar-refractivity contribution >= 4 is 17.4 Å². The molecule has 1 atom stereocenters. The predicted molar refractivity (Wildman–Crippen MR) is 97.5 cm³/mol. The summed E-state index contributed by atoms with van der Waals surface area (Å²) in [4.78, 5) is 23.0. The molecule has 0 aliphatic carbocycles. The fraction of sp³-hybridized carbons (Fsp3) is 0.556. The van der Waals surface area contributed by atoms with E-state index in [1.54, 1.807) is 17.2 Å². The second kappa shape index (κ2) is 8.09. The van der Waals surface area contributed by atoms with Gasteiger partial charge in [0.05, 0.1) is 11.9 Å². The van der Waals surface area contributed by atoms with Crippen molar-refractivity contribution in [3.63, 3.8) is 0 Å². The zero-order valence-electron chi connectivity index (χ0n) is 15.0. The minimum atomic E-state index is 0.000376. The quantitative estimate of drug-likeness (QED) is 0.873. The van der Waals surface area contributed by atoms with Crippen LogP contribution in [-0.2, 0) is 11.3 Å². The Morgan fingerprint density at radius 3 is 3.00 bits per heavy atom. The summed E-state index contributed by atoms with van der Waals surface area (Å²) in [6.07, 6.45) is 9.82. The van der Waals surface area contributed by atoms with Crippen molar-refractivity contribution in [1.29, 1.82) is 0 Å². The van der Waals surface area contributed by atoms with Crippen LogP contribution in [0.15, 0.2) is 24.9 Å². The molecule has 1 unspecified atom stereocenters. The molecule has 1 aliphatic rings. The van der Waals surface area contributed by atoms with E-state index in [0.29, 0.717) is 19.0 Å². The lowest BCUT2D eigenvalue weighted by atomic mass is 10.0. The van der Waals surface area contributed by atoms with Crippen LogP contribution in [0.5, 0.6) is 0 Å². The van der Waals surface area contributed by atoms with Gasteiger partial charge < -0.3 is 10.2 Å². The first kappa shape index (κ1) is 17.4. The topological polar surface area (TPSA) is 75.9 Å². The number of piperidine rings is 1. The average molecular weight is 342 g/mol. The molecule has 1 amide bonds. The van der Waals surface area contributed by atoms with Crippen LogP contribution in [0.2, 0.25) is 0 Å². The van der Waals surface area contributed by atoms with E-state index in [1.807, 2.05) is 6.07 Å². The molecule has 3 heterocycles. The van der Waals surface area contributed by atoms with Gasteiger partial charge in [-0.3, -0.25) is 9.48 Å². The zero-order chi connectivity index (χ0) is 17.6. The molecule has 7 heteroatoms. The first-order chi connectivity index (χ1) is 12.1. The van der Waals surface area contributed by atoms with Gasteiger partial charge >= 0.3 is 0 Å². The molecule has 1 aliphatic heterocycles. The smallest absolute Gasteiger partial charge is 0.224 e. The first-order valence-corrected chi connectivity index (χ1v) is 8.99.